The summed E-state index contributed by atoms with van der Waals surface area (Å²) < 4.78 is 0. The SMILES string of the molecule is NC(=O)c1cc(C[CH]C(=O)N2CCC(C3CCNCC3)CC2)cc2cn[nH]c12. The van der Waals surface area contributed by atoms with Gasteiger partial charge in [0.05, 0.1) is 23.7 Å². The topological polar surface area (TPSA) is 104 Å². The summed E-state index contributed by atoms with van der Waals surface area (Å²) in [5.74, 6) is 1.16. The molecule has 2 aliphatic heterocycles. The number of aromatic nitrogens is 2. The lowest BCUT2D eigenvalue weighted by molar-refractivity contribution is -0.129. The molecule has 2 amide bonds. The summed E-state index contributed by atoms with van der Waals surface area (Å²) in [5, 5.41) is 11.0. The van der Waals surface area contributed by atoms with Gasteiger partial charge in [0.25, 0.3) is 5.91 Å². The lowest BCUT2D eigenvalue weighted by Gasteiger charge is -2.37. The molecule has 2 saturated heterocycles. The van der Waals surface area contributed by atoms with E-state index in [1.165, 1.54) is 12.8 Å². The van der Waals surface area contributed by atoms with E-state index in [1.807, 2.05) is 11.0 Å². The molecule has 1 radical (unpaired) electrons. The van der Waals surface area contributed by atoms with Gasteiger partial charge >= 0.3 is 0 Å². The maximum atomic E-state index is 12.6. The van der Waals surface area contributed by atoms with E-state index < -0.39 is 5.91 Å². The molecule has 0 bridgehead atoms. The summed E-state index contributed by atoms with van der Waals surface area (Å²) in [5.41, 5.74) is 7.42. The van der Waals surface area contributed by atoms with Gasteiger partial charge in [0.15, 0.2) is 0 Å². The number of rotatable bonds is 5. The fourth-order valence-electron chi connectivity index (χ4n) is 4.67. The normalized spacial score (nSPS) is 19.2. The van der Waals surface area contributed by atoms with Crippen molar-refractivity contribution >= 4 is 22.7 Å². The van der Waals surface area contributed by atoms with Gasteiger partial charge in [-0.3, -0.25) is 14.7 Å². The first-order chi connectivity index (χ1) is 13.6. The molecule has 149 valence electrons. The van der Waals surface area contributed by atoms with Crippen molar-refractivity contribution in [2.45, 2.75) is 32.1 Å². The first kappa shape index (κ1) is 18.9. The van der Waals surface area contributed by atoms with Crippen LogP contribution in [0.4, 0.5) is 0 Å². The van der Waals surface area contributed by atoms with Crippen LogP contribution in [-0.2, 0) is 11.2 Å². The second-order valence-corrected chi connectivity index (χ2v) is 8.00. The van der Waals surface area contributed by atoms with Crippen molar-refractivity contribution in [3.63, 3.8) is 0 Å². The highest BCUT2D eigenvalue weighted by atomic mass is 16.2. The van der Waals surface area contributed by atoms with Crippen molar-refractivity contribution in [3.8, 4) is 0 Å². The highest BCUT2D eigenvalue weighted by Gasteiger charge is 2.29. The van der Waals surface area contributed by atoms with Crippen LogP contribution in [-0.4, -0.2) is 53.1 Å². The van der Waals surface area contributed by atoms with E-state index in [9.17, 15) is 9.59 Å². The molecule has 0 spiro atoms. The fraction of sp³-hybridized carbons (Fsp3) is 0.524. The Bertz CT molecular complexity index is 848. The van der Waals surface area contributed by atoms with Crippen LogP contribution in [0.3, 0.4) is 0 Å². The lowest BCUT2D eigenvalue weighted by Crippen LogP contribution is -2.42. The van der Waals surface area contributed by atoms with Crippen LogP contribution in [0.2, 0.25) is 0 Å². The molecule has 0 aliphatic carbocycles. The van der Waals surface area contributed by atoms with Crippen LogP contribution in [0.25, 0.3) is 10.9 Å². The smallest absolute Gasteiger partial charge is 0.250 e. The number of aromatic amines is 1. The van der Waals surface area contributed by atoms with Gasteiger partial charge in [-0.05, 0) is 74.7 Å². The van der Waals surface area contributed by atoms with Gasteiger partial charge in [-0.15, -0.1) is 0 Å². The second-order valence-electron chi connectivity index (χ2n) is 8.00. The molecule has 1 aromatic heterocycles. The quantitative estimate of drug-likeness (QED) is 0.731. The van der Waals surface area contributed by atoms with Gasteiger partial charge in [-0.1, -0.05) is 0 Å². The Morgan fingerprint density at radius 2 is 1.86 bits per heavy atom. The molecule has 0 atom stereocenters. The van der Waals surface area contributed by atoms with Crippen molar-refractivity contribution < 1.29 is 9.59 Å². The summed E-state index contributed by atoms with van der Waals surface area (Å²) in [6.07, 6.45) is 8.62. The average Bonchev–Trinajstić information content (AvgIpc) is 3.20. The number of benzene rings is 1. The molecule has 7 nitrogen and oxygen atoms in total. The molecule has 7 heteroatoms. The third-order valence-electron chi connectivity index (χ3n) is 6.29. The Kier molecular flexibility index (Phi) is 5.62. The van der Waals surface area contributed by atoms with E-state index in [-0.39, 0.29) is 5.91 Å². The minimum Gasteiger partial charge on any atom is -0.366 e. The van der Waals surface area contributed by atoms with Crippen LogP contribution in [0.15, 0.2) is 18.3 Å². The number of hydrogen-bond donors (Lipinski definition) is 3. The van der Waals surface area contributed by atoms with Gasteiger partial charge in [0.2, 0.25) is 5.91 Å². The monoisotopic (exact) mass is 382 g/mol. The van der Waals surface area contributed by atoms with E-state index in [1.54, 1.807) is 18.7 Å². The largest absolute Gasteiger partial charge is 0.366 e. The zero-order valence-electron chi connectivity index (χ0n) is 16.1. The Labute approximate surface area is 165 Å². The highest BCUT2D eigenvalue weighted by Crippen LogP contribution is 2.31. The van der Waals surface area contributed by atoms with Crippen LogP contribution < -0.4 is 11.1 Å². The maximum Gasteiger partial charge on any atom is 0.250 e. The van der Waals surface area contributed by atoms with Crippen molar-refractivity contribution in [1.82, 2.24) is 20.4 Å². The van der Waals surface area contributed by atoms with E-state index in [0.717, 1.165) is 61.8 Å². The molecule has 2 fully saturated rings. The third kappa shape index (κ3) is 4.04. The summed E-state index contributed by atoms with van der Waals surface area (Å²) in [6, 6.07) is 3.69. The number of fused-ring (bicyclic) bond motifs is 1. The molecular weight excluding hydrogens is 354 g/mol. The Morgan fingerprint density at radius 3 is 2.57 bits per heavy atom. The molecule has 3 heterocycles. The molecule has 0 unspecified atom stereocenters. The summed E-state index contributed by atoms with van der Waals surface area (Å²) in [6.45, 7) is 3.95. The number of H-pyrrole nitrogens is 1. The standard InChI is InChI=1S/C21H28N5O2/c22-21(28)18-12-14(11-17-13-24-25-20(17)18)1-2-19(27)26-9-5-16(6-10-26)15-3-7-23-8-4-15/h2,11-13,15-16,23H,1,3-10H2,(H2,22,28)(H,24,25). The lowest BCUT2D eigenvalue weighted by atomic mass is 9.79. The molecule has 1 aromatic carbocycles. The number of carbonyl (C=O) groups is 2. The molecule has 4 rings (SSSR count). The second kappa shape index (κ2) is 8.31. The number of likely N-dealkylation sites (tertiary alicyclic amines) is 1. The maximum absolute atomic E-state index is 12.6. The molecule has 4 N–H and O–H groups in total. The molecule has 2 aromatic rings. The first-order valence-electron chi connectivity index (χ1n) is 10.2. The predicted octanol–water partition coefficient (Wildman–Crippen LogP) is 1.65. The minimum absolute atomic E-state index is 0.0803. The van der Waals surface area contributed by atoms with Crippen LogP contribution in [0.5, 0.6) is 0 Å². The number of primary amides is 1. The molecule has 28 heavy (non-hydrogen) atoms. The van der Waals surface area contributed by atoms with E-state index in [2.05, 4.69) is 15.5 Å². The van der Waals surface area contributed by atoms with Gasteiger partial charge in [0, 0.05) is 18.5 Å². The van der Waals surface area contributed by atoms with E-state index in [0.29, 0.717) is 17.5 Å². The number of piperidine rings is 2. The van der Waals surface area contributed by atoms with E-state index in [4.69, 9.17) is 5.73 Å². The summed E-state index contributed by atoms with van der Waals surface area (Å²) >= 11 is 0. The van der Waals surface area contributed by atoms with Gasteiger partial charge < -0.3 is 16.0 Å². The van der Waals surface area contributed by atoms with E-state index >= 15 is 0 Å². The molecule has 0 saturated carbocycles. The number of carbonyl (C=O) groups excluding carboxylic acids is 2. The first-order valence-corrected chi connectivity index (χ1v) is 10.2. The average molecular weight is 382 g/mol. The molecule has 2 aliphatic rings. The summed E-state index contributed by atoms with van der Waals surface area (Å²) in [7, 11) is 0. The summed E-state index contributed by atoms with van der Waals surface area (Å²) in [4.78, 5) is 26.3. The van der Waals surface area contributed by atoms with Crippen LogP contribution in [0, 0.1) is 18.3 Å². The highest BCUT2D eigenvalue weighted by molar-refractivity contribution is 6.05. The third-order valence-corrected chi connectivity index (χ3v) is 6.29. The van der Waals surface area contributed by atoms with Crippen LogP contribution >= 0.6 is 0 Å². The number of nitrogens with one attached hydrogen (secondary N) is 2. The number of hydrogen-bond acceptors (Lipinski definition) is 4. The zero-order valence-corrected chi connectivity index (χ0v) is 16.1. The number of nitrogens with zero attached hydrogens (tertiary/aromatic N) is 2. The number of amides is 2. The van der Waals surface area contributed by atoms with Crippen molar-refractivity contribution in [3.05, 3.63) is 35.9 Å². The van der Waals surface area contributed by atoms with Crippen molar-refractivity contribution in [2.24, 2.45) is 17.6 Å². The minimum atomic E-state index is -0.498. The van der Waals surface area contributed by atoms with Gasteiger partial charge in [-0.2, -0.15) is 5.10 Å². The fourth-order valence-corrected chi connectivity index (χ4v) is 4.67. The Hall–Kier alpha value is -2.41. The van der Waals surface area contributed by atoms with Crippen LogP contribution in [0.1, 0.15) is 41.6 Å². The van der Waals surface area contributed by atoms with Crippen molar-refractivity contribution in [1.29, 1.82) is 0 Å². The van der Waals surface area contributed by atoms with Gasteiger partial charge in [0.1, 0.15) is 0 Å². The predicted molar refractivity (Wildman–Crippen MR) is 108 cm³/mol. The Balaban J connectivity index is 1.32. The zero-order chi connectivity index (χ0) is 19.5. The van der Waals surface area contributed by atoms with Crippen molar-refractivity contribution in [2.75, 3.05) is 26.2 Å². The van der Waals surface area contributed by atoms with Gasteiger partial charge in [-0.25, -0.2) is 0 Å². The Morgan fingerprint density at radius 1 is 1.14 bits per heavy atom. The molecular formula is C21H28N5O2. The number of nitrogens with two attached hydrogens (primary N) is 1.